The number of halogens is 2. The molecule has 2 N–H and O–H groups in total. The monoisotopic (exact) mass is 320 g/mol. The first-order valence-electron chi connectivity index (χ1n) is 6.55. The minimum absolute atomic E-state index is 0.178. The number of nitrogens with one attached hydrogen (secondary N) is 2. The molecular weight excluding hydrogens is 307 g/mol. The van der Waals surface area contributed by atoms with E-state index < -0.39 is 5.82 Å². The highest BCUT2D eigenvalue weighted by Gasteiger charge is 2.07. The summed E-state index contributed by atoms with van der Waals surface area (Å²) < 4.78 is 12.9. The standard InChI is InChI=1S/C16H14ClFN2O2/c1-10(21)20-14-6-3-11(4-7-14)16(22)19-9-12-2-5-13(18)8-15(12)17/h2-8H,9H2,1H3,(H,19,22)(H,20,21). The summed E-state index contributed by atoms with van der Waals surface area (Å²) in [5.74, 6) is -0.883. The molecule has 0 aliphatic carbocycles. The van der Waals surface area contributed by atoms with Crippen molar-refractivity contribution in [2.45, 2.75) is 13.5 Å². The van der Waals surface area contributed by atoms with Crippen molar-refractivity contribution in [1.29, 1.82) is 0 Å². The first-order valence-corrected chi connectivity index (χ1v) is 6.93. The quantitative estimate of drug-likeness (QED) is 0.907. The molecule has 0 radical (unpaired) electrons. The molecule has 0 aliphatic heterocycles. The van der Waals surface area contributed by atoms with Gasteiger partial charge in [0.1, 0.15) is 5.82 Å². The molecule has 6 heteroatoms. The van der Waals surface area contributed by atoms with E-state index in [0.29, 0.717) is 16.8 Å². The van der Waals surface area contributed by atoms with Gasteiger partial charge in [-0.2, -0.15) is 0 Å². The average Bonchev–Trinajstić information content (AvgIpc) is 2.46. The molecule has 2 aromatic rings. The van der Waals surface area contributed by atoms with Crippen LogP contribution in [0.1, 0.15) is 22.8 Å². The van der Waals surface area contributed by atoms with Gasteiger partial charge in [0.2, 0.25) is 5.91 Å². The number of amides is 2. The van der Waals surface area contributed by atoms with Crippen molar-refractivity contribution in [1.82, 2.24) is 5.32 Å². The lowest BCUT2D eigenvalue weighted by molar-refractivity contribution is -0.114. The van der Waals surface area contributed by atoms with Crippen molar-refractivity contribution in [3.05, 3.63) is 64.4 Å². The largest absolute Gasteiger partial charge is 0.348 e. The maximum atomic E-state index is 12.9. The van der Waals surface area contributed by atoms with Gasteiger partial charge in [0.25, 0.3) is 5.91 Å². The van der Waals surface area contributed by atoms with Crippen molar-refractivity contribution >= 4 is 29.1 Å². The predicted molar refractivity (Wildman–Crippen MR) is 83.3 cm³/mol. The van der Waals surface area contributed by atoms with Crippen LogP contribution in [0.3, 0.4) is 0 Å². The van der Waals surface area contributed by atoms with Gasteiger partial charge in [0.15, 0.2) is 0 Å². The summed E-state index contributed by atoms with van der Waals surface area (Å²) in [6.45, 7) is 1.61. The van der Waals surface area contributed by atoms with Crippen molar-refractivity contribution < 1.29 is 14.0 Å². The first-order chi connectivity index (χ1) is 10.5. The predicted octanol–water partition coefficient (Wildman–Crippen LogP) is 3.37. The van der Waals surface area contributed by atoms with Crippen LogP contribution in [0.2, 0.25) is 5.02 Å². The van der Waals surface area contributed by atoms with Gasteiger partial charge in [-0.05, 0) is 42.0 Å². The summed E-state index contributed by atoms with van der Waals surface area (Å²) in [4.78, 5) is 22.9. The number of carbonyl (C=O) groups is 2. The van der Waals surface area contributed by atoms with Crippen LogP contribution in [0, 0.1) is 5.82 Å². The number of carbonyl (C=O) groups excluding carboxylic acids is 2. The Kier molecular flexibility index (Phi) is 5.12. The second kappa shape index (κ2) is 7.04. The topological polar surface area (TPSA) is 58.2 Å². The van der Waals surface area contributed by atoms with Crippen LogP contribution in [0.15, 0.2) is 42.5 Å². The minimum atomic E-state index is -0.423. The average molecular weight is 321 g/mol. The molecule has 2 amide bonds. The lowest BCUT2D eigenvalue weighted by Crippen LogP contribution is -2.23. The van der Waals surface area contributed by atoms with Crippen LogP contribution < -0.4 is 10.6 Å². The Bertz CT molecular complexity index is 702. The minimum Gasteiger partial charge on any atom is -0.348 e. The third kappa shape index (κ3) is 4.30. The zero-order valence-electron chi connectivity index (χ0n) is 11.8. The van der Waals surface area contributed by atoms with E-state index in [9.17, 15) is 14.0 Å². The molecule has 114 valence electrons. The van der Waals surface area contributed by atoms with Crippen LogP contribution in [-0.2, 0) is 11.3 Å². The SMILES string of the molecule is CC(=O)Nc1ccc(C(=O)NCc2ccc(F)cc2Cl)cc1. The fourth-order valence-electron chi connectivity index (χ4n) is 1.85. The molecule has 0 saturated carbocycles. The van der Waals surface area contributed by atoms with Crippen LogP contribution in [0.5, 0.6) is 0 Å². The Balaban J connectivity index is 1.98. The summed E-state index contributed by atoms with van der Waals surface area (Å²) in [5, 5.41) is 5.59. The van der Waals surface area contributed by atoms with Crippen LogP contribution in [0.4, 0.5) is 10.1 Å². The normalized spacial score (nSPS) is 10.1. The highest BCUT2D eigenvalue weighted by molar-refractivity contribution is 6.31. The summed E-state index contributed by atoms with van der Waals surface area (Å²) >= 11 is 5.90. The van der Waals surface area contributed by atoms with E-state index in [0.717, 1.165) is 0 Å². The molecule has 0 bridgehead atoms. The first kappa shape index (κ1) is 16.0. The molecule has 0 spiro atoms. The zero-order chi connectivity index (χ0) is 16.1. The highest BCUT2D eigenvalue weighted by atomic mass is 35.5. The lowest BCUT2D eigenvalue weighted by Gasteiger charge is -2.08. The maximum absolute atomic E-state index is 12.9. The highest BCUT2D eigenvalue weighted by Crippen LogP contribution is 2.17. The summed E-state index contributed by atoms with van der Waals surface area (Å²) in [5.41, 5.74) is 1.70. The number of anilines is 1. The van der Waals surface area contributed by atoms with Crippen molar-refractivity contribution in [3.63, 3.8) is 0 Å². The van der Waals surface area contributed by atoms with Crippen molar-refractivity contribution in [2.75, 3.05) is 5.32 Å². The fourth-order valence-corrected chi connectivity index (χ4v) is 2.08. The maximum Gasteiger partial charge on any atom is 0.251 e. The van der Waals surface area contributed by atoms with E-state index in [2.05, 4.69) is 10.6 Å². The molecule has 22 heavy (non-hydrogen) atoms. The van der Waals surface area contributed by atoms with Crippen LogP contribution >= 0.6 is 11.6 Å². The molecule has 0 fully saturated rings. The second-order valence-electron chi connectivity index (χ2n) is 4.68. The summed E-state index contributed by atoms with van der Waals surface area (Å²) in [6.07, 6.45) is 0. The third-order valence-electron chi connectivity index (χ3n) is 2.92. The van der Waals surface area contributed by atoms with Gasteiger partial charge in [-0.15, -0.1) is 0 Å². The molecule has 0 atom stereocenters. The van der Waals surface area contributed by atoms with E-state index in [4.69, 9.17) is 11.6 Å². The Morgan fingerprint density at radius 2 is 1.82 bits per heavy atom. The molecule has 0 saturated heterocycles. The molecule has 2 rings (SSSR count). The molecule has 4 nitrogen and oxygen atoms in total. The van der Waals surface area contributed by atoms with Gasteiger partial charge in [0, 0.05) is 29.7 Å². The van der Waals surface area contributed by atoms with Crippen molar-refractivity contribution in [3.8, 4) is 0 Å². The fraction of sp³-hybridized carbons (Fsp3) is 0.125. The smallest absolute Gasteiger partial charge is 0.251 e. The zero-order valence-corrected chi connectivity index (χ0v) is 12.6. The van der Waals surface area contributed by atoms with Gasteiger partial charge >= 0.3 is 0 Å². The Morgan fingerprint density at radius 1 is 1.14 bits per heavy atom. The molecule has 0 aliphatic rings. The van der Waals surface area contributed by atoms with Crippen LogP contribution in [-0.4, -0.2) is 11.8 Å². The number of hydrogen-bond donors (Lipinski definition) is 2. The summed E-state index contributed by atoms with van der Waals surface area (Å²) in [7, 11) is 0. The number of hydrogen-bond acceptors (Lipinski definition) is 2. The van der Waals surface area contributed by atoms with E-state index in [-0.39, 0.29) is 23.4 Å². The molecular formula is C16H14ClFN2O2. The Morgan fingerprint density at radius 3 is 2.41 bits per heavy atom. The van der Waals surface area contributed by atoms with E-state index in [1.807, 2.05) is 0 Å². The molecule has 0 unspecified atom stereocenters. The lowest BCUT2D eigenvalue weighted by atomic mass is 10.1. The second-order valence-corrected chi connectivity index (χ2v) is 5.08. The molecule has 0 heterocycles. The van der Waals surface area contributed by atoms with Gasteiger partial charge in [0.05, 0.1) is 0 Å². The van der Waals surface area contributed by atoms with Gasteiger partial charge in [-0.1, -0.05) is 17.7 Å². The van der Waals surface area contributed by atoms with Gasteiger partial charge < -0.3 is 10.6 Å². The van der Waals surface area contributed by atoms with E-state index in [1.165, 1.54) is 25.1 Å². The number of benzene rings is 2. The van der Waals surface area contributed by atoms with Crippen molar-refractivity contribution in [2.24, 2.45) is 0 Å². The molecule has 0 aromatic heterocycles. The van der Waals surface area contributed by atoms with Gasteiger partial charge in [-0.3, -0.25) is 9.59 Å². The Hall–Kier alpha value is -2.40. The van der Waals surface area contributed by atoms with E-state index in [1.54, 1.807) is 24.3 Å². The Labute approximate surface area is 132 Å². The molecule has 2 aromatic carbocycles. The van der Waals surface area contributed by atoms with Crippen LogP contribution in [0.25, 0.3) is 0 Å². The van der Waals surface area contributed by atoms with E-state index >= 15 is 0 Å². The van der Waals surface area contributed by atoms with Gasteiger partial charge in [-0.25, -0.2) is 4.39 Å². The number of rotatable bonds is 4. The summed E-state index contributed by atoms with van der Waals surface area (Å²) in [6, 6.07) is 10.5. The third-order valence-corrected chi connectivity index (χ3v) is 3.27.